The molecule has 0 bridgehead atoms. The van der Waals surface area contributed by atoms with E-state index in [2.05, 4.69) is 5.32 Å². The quantitative estimate of drug-likeness (QED) is 0.140. The predicted octanol–water partition coefficient (Wildman–Crippen LogP) is 3.91. The summed E-state index contributed by atoms with van der Waals surface area (Å²) in [6, 6.07) is 20.1. The van der Waals surface area contributed by atoms with Gasteiger partial charge in [0.25, 0.3) is 0 Å². The highest BCUT2D eigenvalue weighted by molar-refractivity contribution is 6.31. The minimum atomic E-state index is -1.09. The maximum Gasteiger partial charge on any atom is 0.343 e. The van der Waals surface area contributed by atoms with Gasteiger partial charge < -0.3 is 25.8 Å². The second kappa shape index (κ2) is 12.4. The van der Waals surface area contributed by atoms with Crippen LogP contribution in [-0.4, -0.2) is 40.4 Å². The van der Waals surface area contributed by atoms with Gasteiger partial charge in [0.05, 0.1) is 5.56 Å². The smallest absolute Gasteiger partial charge is 0.343 e. The lowest BCUT2D eigenvalue weighted by atomic mass is 10.1. The van der Waals surface area contributed by atoms with Gasteiger partial charge in [0.15, 0.2) is 5.96 Å². The first-order valence-corrected chi connectivity index (χ1v) is 11.3. The molecule has 9 nitrogen and oxygen atoms in total. The Morgan fingerprint density at radius 2 is 1.72 bits per heavy atom. The van der Waals surface area contributed by atoms with Crippen LogP contribution in [0, 0.1) is 5.41 Å². The first-order valence-electron chi connectivity index (χ1n) is 11.0. The van der Waals surface area contributed by atoms with Crippen molar-refractivity contribution in [2.24, 2.45) is 5.73 Å². The Kier molecular flexibility index (Phi) is 9.01. The number of ether oxygens (including phenoxy) is 1. The lowest BCUT2D eigenvalue weighted by Crippen LogP contribution is -2.35. The van der Waals surface area contributed by atoms with Gasteiger partial charge >= 0.3 is 11.9 Å². The molecule has 0 saturated carbocycles. The van der Waals surface area contributed by atoms with Gasteiger partial charge in [-0.25, -0.2) is 4.79 Å². The Labute approximate surface area is 212 Å². The summed E-state index contributed by atoms with van der Waals surface area (Å²) in [5, 5.41) is 19.4. The third kappa shape index (κ3) is 7.85. The molecule has 1 amide bonds. The van der Waals surface area contributed by atoms with Crippen molar-refractivity contribution >= 4 is 41.1 Å². The van der Waals surface area contributed by atoms with Gasteiger partial charge in [-0.1, -0.05) is 48.0 Å². The molecule has 0 atom stereocenters. The Bertz CT molecular complexity index is 1250. The van der Waals surface area contributed by atoms with E-state index in [0.717, 1.165) is 5.56 Å². The predicted molar refractivity (Wildman–Crippen MR) is 136 cm³/mol. The number of guanidine groups is 1. The summed E-state index contributed by atoms with van der Waals surface area (Å²) in [4.78, 5) is 37.7. The number of esters is 1. The Morgan fingerprint density at radius 3 is 2.33 bits per heavy atom. The number of hydrogen-bond acceptors (Lipinski definition) is 5. The molecule has 36 heavy (non-hydrogen) atoms. The summed E-state index contributed by atoms with van der Waals surface area (Å²) in [5.41, 5.74) is 7.64. The summed E-state index contributed by atoms with van der Waals surface area (Å²) >= 11 is 6.35. The zero-order chi connectivity index (χ0) is 26.1. The van der Waals surface area contributed by atoms with Gasteiger partial charge in [-0.15, -0.1) is 0 Å². The van der Waals surface area contributed by atoms with Gasteiger partial charge in [-0.3, -0.25) is 15.0 Å². The van der Waals surface area contributed by atoms with Crippen molar-refractivity contribution < 1.29 is 24.2 Å². The molecule has 0 unspecified atom stereocenters. The number of carbonyl (C=O) groups excluding carboxylic acids is 2. The molecule has 0 heterocycles. The number of aliphatic carboxylic acids is 1. The van der Waals surface area contributed by atoms with Crippen molar-refractivity contribution in [2.45, 2.75) is 19.4 Å². The van der Waals surface area contributed by atoms with Crippen LogP contribution in [0.1, 0.15) is 27.9 Å². The Balaban J connectivity index is 1.59. The summed E-state index contributed by atoms with van der Waals surface area (Å²) in [6.07, 6.45) is 0.362. The van der Waals surface area contributed by atoms with Crippen molar-refractivity contribution in [1.29, 1.82) is 5.41 Å². The second-order valence-corrected chi connectivity index (χ2v) is 8.30. The third-order valence-electron chi connectivity index (χ3n) is 5.14. The van der Waals surface area contributed by atoms with Crippen molar-refractivity contribution in [2.75, 3.05) is 11.9 Å². The minimum absolute atomic E-state index is 0.0691. The van der Waals surface area contributed by atoms with Crippen LogP contribution in [-0.2, 0) is 22.6 Å². The first kappa shape index (κ1) is 26.2. The highest BCUT2D eigenvalue weighted by Crippen LogP contribution is 2.25. The second-order valence-electron chi connectivity index (χ2n) is 7.89. The summed E-state index contributed by atoms with van der Waals surface area (Å²) in [6.45, 7) is -0.206. The molecule has 0 saturated heterocycles. The first-order chi connectivity index (χ1) is 17.2. The monoisotopic (exact) mass is 508 g/mol. The molecule has 3 aromatic carbocycles. The van der Waals surface area contributed by atoms with Gasteiger partial charge in [-0.2, -0.15) is 0 Å². The van der Waals surface area contributed by atoms with Gasteiger partial charge in [0, 0.05) is 23.7 Å². The fraction of sp³-hybridized carbons (Fsp3) is 0.154. The van der Waals surface area contributed by atoms with Crippen molar-refractivity contribution in [1.82, 2.24) is 4.90 Å². The number of carbonyl (C=O) groups is 3. The number of amides is 1. The number of nitrogens with two attached hydrogens (primary N) is 1. The molecule has 0 aliphatic carbocycles. The number of nitrogens with zero attached hydrogens (tertiary/aromatic N) is 1. The average Bonchev–Trinajstić information content (AvgIpc) is 2.83. The normalized spacial score (nSPS) is 10.4. The van der Waals surface area contributed by atoms with E-state index in [1.54, 1.807) is 24.3 Å². The number of benzene rings is 3. The van der Waals surface area contributed by atoms with E-state index in [1.807, 2.05) is 30.3 Å². The molecular formula is C26H25ClN4O5. The number of halogens is 1. The number of anilines is 1. The Morgan fingerprint density at radius 1 is 1.03 bits per heavy atom. The number of carboxylic acid groups (broad SMARTS) is 1. The van der Waals surface area contributed by atoms with Gasteiger partial charge in [0.2, 0.25) is 5.91 Å². The molecule has 3 aromatic rings. The number of rotatable bonds is 10. The van der Waals surface area contributed by atoms with Gasteiger partial charge in [0.1, 0.15) is 12.3 Å². The summed E-state index contributed by atoms with van der Waals surface area (Å²) < 4.78 is 5.38. The summed E-state index contributed by atoms with van der Waals surface area (Å²) in [7, 11) is 0. The van der Waals surface area contributed by atoms with E-state index >= 15 is 0 Å². The maximum atomic E-state index is 12.7. The van der Waals surface area contributed by atoms with Crippen LogP contribution in [0.25, 0.3) is 0 Å². The highest BCUT2D eigenvalue weighted by Gasteiger charge is 2.18. The third-order valence-corrected chi connectivity index (χ3v) is 5.49. The van der Waals surface area contributed by atoms with Crippen LogP contribution < -0.4 is 15.8 Å². The average molecular weight is 509 g/mol. The van der Waals surface area contributed by atoms with Crippen molar-refractivity contribution in [3.63, 3.8) is 0 Å². The van der Waals surface area contributed by atoms with E-state index in [1.165, 1.54) is 23.1 Å². The van der Waals surface area contributed by atoms with Crippen LogP contribution in [0.5, 0.6) is 5.75 Å². The minimum Gasteiger partial charge on any atom is -0.480 e. The zero-order valence-electron chi connectivity index (χ0n) is 19.2. The number of carboxylic acids is 1. The Hall–Kier alpha value is -4.37. The van der Waals surface area contributed by atoms with Crippen molar-refractivity contribution in [3.05, 3.63) is 94.5 Å². The molecule has 10 heteroatoms. The lowest BCUT2D eigenvalue weighted by molar-refractivity contribution is -0.144. The van der Waals surface area contributed by atoms with Crippen LogP contribution in [0.15, 0.2) is 72.8 Å². The molecule has 0 aliphatic heterocycles. The SMILES string of the molecule is N=C(N)Nc1ccc(C(=O)Oc2ccc(CCC(=O)N(CC(=O)O)Cc3ccccc3)c(Cl)c2)cc1. The van der Waals surface area contributed by atoms with E-state index in [4.69, 9.17) is 27.5 Å². The number of nitrogens with one attached hydrogen (secondary N) is 2. The van der Waals surface area contributed by atoms with Crippen LogP contribution in [0.2, 0.25) is 5.02 Å². The zero-order valence-corrected chi connectivity index (χ0v) is 20.0. The molecule has 0 spiro atoms. The van der Waals surface area contributed by atoms with Gasteiger partial charge in [-0.05, 0) is 53.9 Å². The standard InChI is InChI=1S/C26H25ClN4O5/c27-22-14-21(36-25(35)19-6-10-20(11-7-19)30-26(28)29)12-8-18(22)9-13-23(32)31(16-24(33)34)15-17-4-2-1-3-5-17/h1-8,10-12,14H,9,13,15-16H2,(H,33,34)(H4,28,29,30). The number of hydrogen-bond donors (Lipinski definition) is 4. The van der Waals surface area contributed by atoms with Crippen LogP contribution in [0.4, 0.5) is 5.69 Å². The maximum absolute atomic E-state index is 12.7. The highest BCUT2D eigenvalue weighted by atomic mass is 35.5. The fourth-order valence-electron chi connectivity index (χ4n) is 3.40. The van der Waals surface area contributed by atoms with Crippen LogP contribution >= 0.6 is 11.6 Å². The molecule has 0 fully saturated rings. The molecular weight excluding hydrogens is 484 g/mol. The molecule has 3 rings (SSSR count). The van der Waals surface area contributed by atoms with E-state index < -0.39 is 18.5 Å². The molecule has 0 aromatic heterocycles. The van der Waals surface area contributed by atoms with E-state index in [-0.39, 0.29) is 30.6 Å². The summed E-state index contributed by atoms with van der Waals surface area (Å²) in [5.74, 6) is -1.97. The van der Waals surface area contributed by atoms with E-state index in [0.29, 0.717) is 28.3 Å². The molecule has 5 N–H and O–H groups in total. The topological polar surface area (TPSA) is 146 Å². The van der Waals surface area contributed by atoms with Crippen molar-refractivity contribution in [3.8, 4) is 5.75 Å². The fourth-order valence-corrected chi connectivity index (χ4v) is 3.67. The molecule has 186 valence electrons. The largest absolute Gasteiger partial charge is 0.480 e. The molecule has 0 aliphatic rings. The lowest BCUT2D eigenvalue weighted by Gasteiger charge is -2.21. The van der Waals surface area contributed by atoms with Crippen LogP contribution in [0.3, 0.4) is 0 Å². The number of aryl methyl sites for hydroxylation is 1. The molecule has 0 radical (unpaired) electrons. The van der Waals surface area contributed by atoms with E-state index in [9.17, 15) is 19.5 Å².